The quantitative estimate of drug-likeness (QED) is 0.0980. The number of hydrazine groups is 2. The molecule has 264 valence electrons. The zero-order valence-electron chi connectivity index (χ0n) is 28.5. The molecule has 1 heterocycles. The van der Waals surface area contributed by atoms with Gasteiger partial charge in [0.15, 0.2) is 11.5 Å². The van der Waals surface area contributed by atoms with Gasteiger partial charge in [0.05, 0.1) is 36.1 Å². The van der Waals surface area contributed by atoms with Crippen LogP contribution in [0.4, 0.5) is 21.9 Å². The molecule has 0 aliphatic carbocycles. The second-order valence-electron chi connectivity index (χ2n) is 12.5. The summed E-state index contributed by atoms with van der Waals surface area (Å²) in [6.45, 7) is 8.65. The third-order valence-electron chi connectivity index (χ3n) is 7.81. The highest BCUT2D eigenvalue weighted by molar-refractivity contribution is 6.02. The number of nitrogens with two attached hydrogens (primary N) is 3. The van der Waals surface area contributed by atoms with Crippen molar-refractivity contribution in [2.75, 3.05) is 41.5 Å². The SMILES string of the molecule is Cc1ccccc1N(N)C(=O)N(N)c1ccc(NC(C)(C)C(=O)CN(CCC(C)C)C(=O)CN(CCC(=O)ON)C(=O)c2ccco2)cc1. The highest BCUT2D eigenvalue weighted by Crippen LogP contribution is 2.23. The lowest BCUT2D eigenvalue weighted by molar-refractivity contribution is -0.144. The Morgan fingerprint density at radius 2 is 1.55 bits per heavy atom. The van der Waals surface area contributed by atoms with Gasteiger partial charge < -0.3 is 24.4 Å². The predicted octanol–water partition coefficient (Wildman–Crippen LogP) is 3.35. The third kappa shape index (κ3) is 10.6. The lowest BCUT2D eigenvalue weighted by Crippen LogP contribution is -2.51. The number of Topliss-reactive ketones (excluding diaryl/α,β-unsaturated/α-hetero) is 1. The van der Waals surface area contributed by atoms with Crippen molar-refractivity contribution in [1.29, 1.82) is 0 Å². The Hall–Kier alpha value is -5.25. The maximum absolute atomic E-state index is 13.7. The summed E-state index contributed by atoms with van der Waals surface area (Å²) in [6, 6.07) is 16.0. The third-order valence-corrected chi connectivity index (χ3v) is 7.81. The summed E-state index contributed by atoms with van der Waals surface area (Å²) in [5, 5.41) is 5.08. The number of para-hydroxylation sites is 1. The minimum Gasteiger partial charge on any atom is -0.459 e. The van der Waals surface area contributed by atoms with Crippen LogP contribution in [-0.4, -0.2) is 71.1 Å². The molecule has 15 heteroatoms. The van der Waals surface area contributed by atoms with E-state index in [0.717, 1.165) is 20.5 Å². The van der Waals surface area contributed by atoms with Crippen molar-refractivity contribution in [1.82, 2.24) is 9.80 Å². The van der Waals surface area contributed by atoms with Gasteiger partial charge in [-0.15, -0.1) is 0 Å². The van der Waals surface area contributed by atoms with Gasteiger partial charge in [0.25, 0.3) is 5.91 Å². The van der Waals surface area contributed by atoms with Gasteiger partial charge in [-0.05, 0) is 81.1 Å². The summed E-state index contributed by atoms with van der Waals surface area (Å²) in [5.74, 6) is 15.2. The van der Waals surface area contributed by atoms with Crippen LogP contribution >= 0.6 is 0 Å². The summed E-state index contributed by atoms with van der Waals surface area (Å²) in [4.78, 5) is 71.8. The number of amides is 4. The number of aryl methyl sites for hydroxylation is 1. The van der Waals surface area contributed by atoms with Crippen LogP contribution in [0.3, 0.4) is 0 Å². The Balaban J connectivity index is 1.71. The van der Waals surface area contributed by atoms with Crippen LogP contribution in [-0.2, 0) is 19.2 Å². The smallest absolute Gasteiger partial charge is 0.357 e. The molecule has 0 radical (unpaired) electrons. The van der Waals surface area contributed by atoms with Crippen molar-refractivity contribution in [3.8, 4) is 0 Å². The normalized spacial score (nSPS) is 11.1. The zero-order valence-corrected chi connectivity index (χ0v) is 28.5. The number of ketones is 1. The standard InChI is InChI=1S/C34H46N8O7/c1-23(2)16-18-39(30(44)22-40(19-17-31(45)49-37)32(46)28-11-8-20-48-28)21-29(43)34(4,5)38-25-12-14-26(15-13-25)41(35)33(47)42(36)27-10-7-6-9-24(27)3/h6-15,20,23,38H,16-19,21-22,35-37H2,1-5H3. The fourth-order valence-corrected chi connectivity index (χ4v) is 4.73. The average Bonchev–Trinajstić information content (AvgIpc) is 3.62. The molecule has 4 amide bonds. The number of nitrogens with one attached hydrogen (secondary N) is 1. The van der Waals surface area contributed by atoms with Crippen molar-refractivity contribution in [3.63, 3.8) is 0 Å². The molecular formula is C34H46N8O7. The maximum Gasteiger partial charge on any atom is 0.357 e. The fourth-order valence-electron chi connectivity index (χ4n) is 4.73. The molecule has 2 aromatic carbocycles. The molecule has 3 rings (SSSR count). The molecule has 7 N–H and O–H groups in total. The van der Waals surface area contributed by atoms with Crippen LogP contribution in [0.1, 0.15) is 56.7 Å². The van der Waals surface area contributed by atoms with Gasteiger partial charge in [0, 0.05) is 18.8 Å². The molecule has 0 saturated heterocycles. The number of nitrogens with zero attached hydrogens (tertiary/aromatic N) is 4. The van der Waals surface area contributed by atoms with E-state index in [1.165, 1.54) is 23.3 Å². The lowest BCUT2D eigenvalue weighted by Gasteiger charge is -2.32. The number of rotatable bonds is 16. The summed E-state index contributed by atoms with van der Waals surface area (Å²) in [7, 11) is 0. The molecule has 0 spiro atoms. The molecule has 0 bridgehead atoms. The molecule has 3 aromatic rings. The first kappa shape index (κ1) is 38.2. The van der Waals surface area contributed by atoms with Crippen LogP contribution in [0, 0.1) is 12.8 Å². The minimum atomic E-state index is -1.14. The van der Waals surface area contributed by atoms with E-state index in [0.29, 0.717) is 23.5 Å². The van der Waals surface area contributed by atoms with Crippen LogP contribution in [0.5, 0.6) is 0 Å². The summed E-state index contributed by atoms with van der Waals surface area (Å²) in [6.07, 6.45) is 1.69. The molecular weight excluding hydrogens is 632 g/mol. The van der Waals surface area contributed by atoms with Crippen LogP contribution in [0.2, 0.25) is 0 Å². The van der Waals surface area contributed by atoms with E-state index in [4.69, 9.17) is 22.0 Å². The summed E-state index contributed by atoms with van der Waals surface area (Å²) >= 11 is 0. The Kier molecular flexibility index (Phi) is 13.4. The Bertz CT molecular complexity index is 1590. The zero-order chi connectivity index (χ0) is 36.3. The van der Waals surface area contributed by atoms with Crippen molar-refractivity contribution in [2.24, 2.45) is 23.5 Å². The number of anilines is 3. The number of hydrogen-bond acceptors (Lipinski definition) is 11. The molecule has 0 fully saturated rings. The number of hydrogen-bond donors (Lipinski definition) is 4. The molecule has 15 nitrogen and oxygen atoms in total. The molecule has 0 atom stereocenters. The van der Waals surface area contributed by atoms with E-state index in [1.807, 2.05) is 32.9 Å². The van der Waals surface area contributed by atoms with Crippen molar-refractivity contribution in [2.45, 2.75) is 53.0 Å². The van der Waals surface area contributed by atoms with Gasteiger partial charge in [-0.1, -0.05) is 32.0 Å². The first-order chi connectivity index (χ1) is 23.1. The van der Waals surface area contributed by atoms with Gasteiger partial charge in [0.1, 0.15) is 6.54 Å². The topological polar surface area (TPSA) is 211 Å². The van der Waals surface area contributed by atoms with Crippen LogP contribution < -0.4 is 32.9 Å². The monoisotopic (exact) mass is 678 g/mol. The van der Waals surface area contributed by atoms with E-state index >= 15 is 0 Å². The highest BCUT2D eigenvalue weighted by Gasteiger charge is 2.32. The van der Waals surface area contributed by atoms with Crippen LogP contribution in [0.15, 0.2) is 71.3 Å². The van der Waals surface area contributed by atoms with Gasteiger partial charge >= 0.3 is 12.0 Å². The molecule has 0 aliphatic heterocycles. The second kappa shape index (κ2) is 17.2. The van der Waals surface area contributed by atoms with Gasteiger partial charge in [-0.3, -0.25) is 19.2 Å². The van der Waals surface area contributed by atoms with E-state index in [1.54, 1.807) is 50.2 Å². The van der Waals surface area contributed by atoms with Crippen LogP contribution in [0.25, 0.3) is 0 Å². The second-order valence-corrected chi connectivity index (χ2v) is 12.5. The Morgan fingerprint density at radius 3 is 2.14 bits per heavy atom. The number of furan rings is 1. The first-order valence-corrected chi connectivity index (χ1v) is 15.8. The van der Waals surface area contributed by atoms with Gasteiger partial charge in [-0.25, -0.2) is 26.5 Å². The van der Waals surface area contributed by atoms with Crippen molar-refractivity contribution >= 4 is 46.7 Å². The van der Waals surface area contributed by atoms with E-state index in [9.17, 15) is 24.0 Å². The Morgan fingerprint density at radius 1 is 0.878 bits per heavy atom. The number of benzene rings is 2. The van der Waals surface area contributed by atoms with Gasteiger partial charge in [0.2, 0.25) is 5.91 Å². The summed E-state index contributed by atoms with van der Waals surface area (Å²) < 4.78 is 5.21. The highest BCUT2D eigenvalue weighted by atomic mass is 16.7. The Labute approximate surface area is 285 Å². The average molecular weight is 679 g/mol. The maximum atomic E-state index is 13.7. The molecule has 0 unspecified atom stereocenters. The van der Waals surface area contributed by atoms with Gasteiger partial charge in [-0.2, -0.15) is 5.90 Å². The molecule has 0 saturated carbocycles. The first-order valence-electron chi connectivity index (χ1n) is 15.8. The fraction of sp³-hybridized carbons (Fsp3) is 0.382. The van der Waals surface area contributed by atoms with E-state index < -0.39 is 35.9 Å². The summed E-state index contributed by atoms with van der Waals surface area (Å²) in [5.41, 5.74) is 1.10. The predicted molar refractivity (Wildman–Crippen MR) is 185 cm³/mol. The van der Waals surface area contributed by atoms with E-state index in [2.05, 4.69) is 10.2 Å². The minimum absolute atomic E-state index is 0.0103. The number of carbonyl (C=O) groups is 5. The van der Waals surface area contributed by atoms with Crippen molar-refractivity contribution < 1.29 is 33.2 Å². The molecule has 1 aromatic heterocycles. The lowest BCUT2D eigenvalue weighted by atomic mass is 9.97. The molecule has 49 heavy (non-hydrogen) atoms. The number of urea groups is 1. The largest absolute Gasteiger partial charge is 0.459 e. The van der Waals surface area contributed by atoms with E-state index in [-0.39, 0.29) is 43.5 Å². The number of carbonyl (C=O) groups excluding carboxylic acids is 5. The molecule has 0 aliphatic rings. The van der Waals surface area contributed by atoms with Crippen molar-refractivity contribution in [3.05, 3.63) is 78.3 Å².